The van der Waals surface area contributed by atoms with Crippen LogP contribution in [-0.4, -0.2) is 47.2 Å². The molecule has 1 aliphatic rings. The summed E-state index contributed by atoms with van der Waals surface area (Å²) in [5.41, 5.74) is 0.605. The van der Waals surface area contributed by atoms with Crippen molar-refractivity contribution in [2.24, 2.45) is 0 Å². The van der Waals surface area contributed by atoms with Crippen LogP contribution in [-0.2, 0) is 0 Å². The van der Waals surface area contributed by atoms with Crippen LogP contribution in [0.25, 0.3) is 0 Å². The molecule has 0 unspecified atom stereocenters. The first-order valence-electron chi connectivity index (χ1n) is 8.41. The number of ether oxygens (including phenoxy) is 2. The summed E-state index contributed by atoms with van der Waals surface area (Å²) >= 11 is 3.48. The Kier molecular flexibility index (Phi) is 5.63. The van der Waals surface area contributed by atoms with Crippen molar-refractivity contribution in [1.82, 2.24) is 14.5 Å². The zero-order valence-electron chi connectivity index (χ0n) is 14.4. The second kappa shape index (κ2) is 7.91. The Morgan fingerprint density at radius 1 is 1.36 bits per heavy atom. The molecule has 1 amide bonds. The summed E-state index contributed by atoms with van der Waals surface area (Å²) in [5.74, 6) is 1.21. The monoisotopic (exact) mass is 407 g/mol. The number of imidazole rings is 1. The Morgan fingerprint density at radius 3 is 2.72 bits per heavy atom. The number of amides is 1. The summed E-state index contributed by atoms with van der Waals surface area (Å²) in [6.07, 6.45) is 7.48. The summed E-state index contributed by atoms with van der Waals surface area (Å²) in [7, 11) is 1.58. The van der Waals surface area contributed by atoms with E-state index in [0.717, 1.165) is 30.4 Å². The van der Waals surface area contributed by atoms with Crippen LogP contribution < -0.4 is 9.47 Å². The molecule has 6 nitrogen and oxygen atoms in total. The van der Waals surface area contributed by atoms with Gasteiger partial charge in [-0.2, -0.15) is 0 Å². The summed E-state index contributed by atoms with van der Waals surface area (Å²) in [6, 6.07) is 3.96. The topological polar surface area (TPSA) is 56.6 Å². The van der Waals surface area contributed by atoms with E-state index in [1.165, 1.54) is 0 Å². The predicted octanol–water partition coefficient (Wildman–Crippen LogP) is 3.53. The number of piperidine rings is 1. The highest BCUT2D eigenvalue weighted by molar-refractivity contribution is 9.10. The minimum atomic E-state index is 0.0196. The van der Waals surface area contributed by atoms with Crippen molar-refractivity contribution in [3.8, 4) is 11.5 Å². The number of methoxy groups -OCH3 is 1. The van der Waals surface area contributed by atoms with Crippen molar-refractivity contribution in [2.45, 2.75) is 25.8 Å². The summed E-state index contributed by atoms with van der Waals surface area (Å²) in [5, 5.41) is 0. The van der Waals surface area contributed by atoms with Crippen LogP contribution in [0.2, 0.25) is 0 Å². The summed E-state index contributed by atoms with van der Waals surface area (Å²) < 4.78 is 13.8. The van der Waals surface area contributed by atoms with Gasteiger partial charge in [0.05, 0.1) is 24.5 Å². The average molecular weight is 408 g/mol. The molecule has 0 atom stereocenters. The standard InChI is InChI=1S/C18H22BrN3O3/c1-3-25-17-15(19)10-13(11-16(17)24-2)18(23)21-7-4-14(5-8-21)22-9-6-20-12-22/h6,9-12,14H,3-5,7-8H2,1-2H3. The van der Waals surface area contributed by atoms with Crippen molar-refractivity contribution in [1.29, 1.82) is 0 Å². The number of nitrogens with zero attached hydrogens (tertiary/aromatic N) is 3. The second-order valence-electron chi connectivity index (χ2n) is 5.96. The van der Waals surface area contributed by atoms with Gasteiger partial charge in [0.2, 0.25) is 0 Å². The van der Waals surface area contributed by atoms with Gasteiger partial charge in [-0.3, -0.25) is 4.79 Å². The lowest BCUT2D eigenvalue weighted by molar-refractivity contribution is 0.0694. The summed E-state index contributed by atoms with van der Waals surface area (Å²) in [6.45, 7) is 3.91. The Balaban J connectivity index is 1.72. The highest BCUT2D eigenvalue weighted by atomic mass is 79.9. The van der Waals surface area contributed by atoms with Gasteiger partial charge in [-0.15, -0.1) is 0 Å². The average Bonchev–Trinajstić information content (AvgIpc) is 3.17. The van der Waals surface area contributed by atoms with Gasteiger partial charge in [0.25, 0.3) is 5.91 Å². The van der Waals surface area contributed by atoms with E-state index in [4.69, 9.17) is 9.47 Å². The lowest BCUT2D eigenvalue weighted by Crippen LogP contribution is -2.38. The van der Waals surface area contributed by atoms with Gasteiger partial charge in [0.1, 0.15) is 0 Å². The number of carbonyl (C=O) groups is 1. The van der Waals surface area contributed by atoms with Crippen molar-refractivity contribution < 1.29 is 14.3 Å². The lowest BCUT2D eigenvalue weighted by atomic mass is 10.0. The molecule has 2 heterocycles. The third-order valence-electron chi connectivity index (χ3n) is 4.46. The molecule has 0 saturated carbocycles. The van der Waals surface area contributed by atoms with Gasteiger partial charge in [-0.25, -0.2) is 4.98 Å². The van der Waals surface area contributed by atoms with E-state index >= 15 is 0 Å². The number of carbonyl (C=O) groups excluding carboxylic acids is 1. The summed E-state index contributed by atoms with van der Waals surface area (Å²) in [4.78, 5) is 18.9. The molecule has 25 heavy (non-hydrogen) atoms. The molecule has 3 rings (SSSR count). The van der Waals surface area contributed by atoms with E-state index in [2.05, 4.69) is 25.5 Å². The highest BCUT2D eigenvalue weighted by Crippen LogP contribution is 2.37. The molecule has 2 aromatic rings. The van der Waals surface area contributed by atoms with Crippen molar-refractivity contribution in [3.05, 3.63) is 40.9 Å². The number of benzene rings is 1. The molecular weight excluding hydrogens is 386 g/mol. The zero-order chi connectivity index (χ0) is 17.8. The molecule has 134 valence electrons. The predicted molar refractivity (Wildman–Crippen MR) is 98.3 cm³/mol. The number of aromatic nitrogens is 2. The largest absolute Gasteiger partial charge is 0.493 e. The van der Waals surface area contributed by atoms with Crippen LogP contribution in [0.15, 0.2) is 35.3 Å². The third kappa shape index (κ3) is 3.81. The van der Waals surface area contributed by atoms with Gasteiger partial charge in [0.15, 0.2) is 11.5 Å². The SMILES string of the molecule is CCOc1c(Br)cc(C(=O)N2CCC(n3ccnc3)CC2)cc1OC. The molecule has 1 saturated heterocycles. The first-order valence-corrected chi connectivity index (χ1v) is 9.20. The van der Waals surface area contributed by atoms with E-state index in [-0.39, 0.29) is 5.91 Å². The van der Waals surface area contributed by atoms with Crippen LogP contribution in [0.4, 0.5) is 0 Å². The molecule has 0 N–H and O–H groups in total. The zero-order valence-corrected chi connectivity index (χ0v) is 16.0. The molecule has 0 aliphatic carbocycles. The lowest BCUT2D eigenvalue weighted by Gasteiger charge is -2.32. The third-order valence-corrected chi connectivity index (χ3v) is 5.05. The minimum absolute atomic E-state index is 0.0196. The molecule has 0 spiro atoms. The number of hydrogen-bond donors (Lipinski definition) is 0. The number of halogens is 1. The number of rotatable bonds is 5. The molecule has 7 heteroatoms. The maximum Gasteiger partial charge on any atom is 0.254 e. The Morgan fingerprint density at radius 2 is 2.12 bits per heavy atom. The smallest absolute Gasteiger partial charge is 0.254 e. The minimum Gasteiger partial charge on any atom is -0.493 e. The van der Waals surface area contributed by atoms with Crippen LogP contribution in [0.1, 0.15) is 36.2 Å². The van der Waals surface area contributed by atoms with Crippen LogP contribution >= 0.6 is 15.9 Å². The van der Waals surface area contributed by atoms with Gasteiger partial charge < -0.3 is 18.9 Å². The Hall–Kier alpha value is -2.02. The van der Waals surface area contributed by atoms with Crippen molar-refractivity contribution in [2.75, 3.05) is 26.8 Å². The van der Waals surface area contributed by atoms with E-state index in [1.54, 1.807) is 25.4 Å². The fraction of sp³-hybridized carbons (Fsp3) is 0.444. The van der Waals surface area contributed by atoms with E-state index < -0.39 is 0 Å². The fourth-order valence-corrected chi connectivity index (χ4v) is 3.72. The Bertz CT molecular complexity index is 725. The van der Waals surface area contributed by atoms with Crippen LogP contribution in [0.5, 0.6) is 11.5 Å². The highest BCUT2D eigenvalue weighted by Gasteiger charge is 2.25. The van der Waals surface area contributed by atoms with Gasteiger partial charge in [0, 0.05) is 37.1 Å². The molecule has 1 aromatic carbocycles. The molecule has 0 radical (unpaired) electrons. The molecule has 1 fully saturated rings. The maximum atomic E-state index is 12.9. The maximum absolute atomic E-state index is 12.9. The molecule has 0 bridgehead atoms. The quantitative estimate of drug-likeness (QED) is 0.760. The number of hydrogen-bond acceptors (Lipinski definition) is 4. The van der Waals surface area contributed by atoms with Gasteiger partial charge in [-0.05, 0) is 47.8 Å². The molecule has 1 aromatic heterocycles. The molecule has 1 aliphatic heterocycles. The number of likely N-dealkylation sites (tertiary alicyclic amines) is 1. The second-order valence-corrected chi connectivity index (χ2v) is 6.81. The van der Waals surface area contributed by atoms with E-state index in [0.29, 0.717) is 29.7 Å². The van der Waals surface area contributed by atoms with Crippen molar-refractivity contribution in [3.63, 3.8) is 0 Å². The van der Waals surface area contributed by atoms with Crippen molar-refractivity contribution >= 4 is 21.8 Å². The van der Waals surface area contributed by atoms with Crippen LogP contribution in [0.3, 0.4) is 0 Å². The first-order chi connectivity index (χ1) is 12.1. The fourth-order valence-electron chi connectivity index (χ4n) is 3.16. The Labute approximate surface area is 155 Å². The van der Waals surface area contributed by atoms with E-state index in [9.17, 15) is 4.79 Å². The van der Waals surface area contributed by atoms with E-state index in [1.807, 2.05) is 24.3 Å². The first kappa shape index (κ1) is 17.8. The molecular formula is C18H22BrN3O3. The van der Waals surface area contributed by atoms with Gasteiger partial charge in [-0.1, -0.05) is 0 Å². The van der Waals surface area contributed by atoms with Gasteiger partial charge >= 0.3 is 0 Å². The normalized spacial score (nSPS) is 15.2. The van der Waals surface area contributed by atoms with Crippen LogP contribution in [0, 0.1) is 0 Å².